The summed E-state index contributed by atoms with van der Waals surface area (Å²) in [5, 5.41) is 0. The molecule has 0 fully saturated rings. The monoisotopic (exact) mass is 416 g/mol. The molecule has 6 nitrogen and oxygen atoms in total. The number of nitrogens with zero attached hydrogens (tertiary/aromatic N) is 2. The highest BCUT2D eigenvalue weighted by atomic mass is 32.2. The minimum absolute atomic E-state index is 0.220. The van der Waals surface area contributed by atoms with Crippen LogP contribution in [0.25, 0.3) is 0 Å². The van der Waals surface area contributed by atoms with Gasteiger partial charge in [-0.05, 0) is 42.0 Å². The Morgan fingerprint density at radius 3 is 2.45 bits per heavy atom. The SMILES string of the molecule is COc1ccc([C@@H]2c3cccn3CCN2S(=O)(=O)c2ccccc2F)cc1OC. The van der Waals surface area contributed by atoms with Crippen molar-refractivity contribution in [1.29, 1.82) is 0 Å². The first-order valence-corrected chi connectivity index (χ1v) is 10.5. The van der Waals surface area contributed by atoms with Crippen molar-refractivity contribution >= 4 is 10.0 Å². The summed E-state index contributed by atoms with van der Waals surface area (Å²) in [6.45, 7) is 0.706. The third-order valence-electron chi connectivity index (χ3n) is 5.14. The Kier molecular flexibility index (Phi) is 5.06. The van der Waals surface area contributed by atoms with Crippen molar-refractivity contribution in [2.45, 2.75) is 17.5 Å². The molecular weight excluding hydrogens is 395 g/mol. The maximum atomic E-state index is 14.4. The molecule has 0 amide bonds. The molecule has 1 aliphatic rings. The van der Waals surface area contributed by atoms with E-state index in [0.29, 0.717) is 23.6 Å². The van der Waals surface area contributed by atoms with Crippen LogP contribution in [-0.2, 0) is 16.6 Å². The molecule has 0 radical (unpaired) electrons. The highest BCUT2D eigenvalue weighted by Gasteiger charge is 2.39. The number of rotatable bonds is 5. The van der Waals surface area contributed by atoms with E-state index in [1.165, 1.54) is 36.7 Å². The van der Waals surface area contributed by atoms with Crippen LogP contribution in [-0.4, -0.2) is 38.1 Å². The molecular formula is C21H21FN2O4S. The number of methoxy groups -OCH3 is 2. The Bertz CT molecular complexity index is 1140. The average Bonchev–Trinajstić information content (AvgIpc) is 3.21. The fourth-order valence-corrected chi connectivity index (χ4v) is 5.41. The van der Waals surface area contributed by atoms with E-state index in [1.807, 2.05) is 22.9 Å². The van der Waals surface area contributed by atoms with Crippen LogP contribution in [0.5, 0.6) is 11.5 Å². The van der Waals surface area contributed by atoms with E-state index in [4.69, 9.17) is 9.47 Å². The summed E-state index contributed by atoms with van der Waals surface area (Å²) in [5.41, 5.74) is 1.52. The third-order valence-corrected chi connectivity index (χ3v) is 7.04. The van der Waals surface area contributed by atoms with Crippen molar-refractivity contribution in [3.63, 3.8) is 0 Å². The Hall–Kier alpha value is -2.84. The van der Waals surface area contributed by atoms with Gasteiger partial charge in [0.15, 0.2) is 11.5 Å². The quantitative estimate of drug-likeness (QED) is 0.639. The summed E-state index contributed by atoms with van der Waals surface area (Å²) >= 11 is 0. The Labute approximate surface area is 169 Å². The molecule has 29 heavy (non-hydrogen) atoms. The maximum Gasteiger partial charge on any atom is 0.246 e. The molecule has 0 spiro atoms. The fraction of sp³-hybridized carbons (Fsp3) is 0.238. The van der Waals surface area contributed by atoms with Gasteiger partial charge in [-0.2, -0.15) is 4.31 Å². The lowest BCUT2D eigenvalue weighted by Crippen LogP contribution is -2.42. The Morgan fingerprint density at radius 1 is 0.966 bits per heavy atom. The van der Waals surface area contributed by atoms with Crippen molar-refractivity contribution in [2.24, 2.45) is 0 Å². The van der Waals surface area contributed by atoms with E-state index < -0.39 is 21.9 Å². The van der Waals surface area contributed by atoms with Crippen LogP contribution in [0.2, 0.25) is 0 Å². The number of ether oxygens (including phenoxy) is 2. The number of benzene rings is 2. The number of fused-ring (bicyclic) bond motifs is 1. The van der Waals surface area contributed by atoms with Crippen LogP contribution >= 0.6 is 0 Å². The molecule has 0 saturated carbocycles. The Morgan fingerprint density at radius 2 is 1.72 bits per heavy atom. The second kappa shape index (κ2) is 7.53. The topological polar surface area (TPSA) is 60.8 Å². The van der Waals surface area contributed by atoms with Gasteiger partial charge in [0.1, 0.15) is 10.7 Å². The van der Waals surface area contributed by atoms with Crippen molar-refractivity contribution in [3.05, 3.63) is 77.9 Å². The predicted octanol–water partition coefficient (Wildman–Crippen LogP) is 3.44. The van der Waals surface area contributed by atoms with E-state index in [9.17, 15) is 12.8 Å². The average molecular weight is 416 g/mol. The summed E-state index contributed by atoms with van der Waals surface area (Å²) in [5.74, 6) is 0.280. The normalized spacial score (nSPS) is 17.0. The van der Waals surface area contributed by atoms with E-state index in [-0.39, 0.29) is 11.4 Å². The van der Waals surface area contributed by atoms with E-state index in [0.717, 1.165) is 11.8 Å². The first-order chi connectivity index (χ1) is 14.0. The largest absolute Gasteiger partial charge is 0.493 e. The lowest BCUT2D eigenvalue weighted by atomic mass is 10.0. The molecule has 8 heteroatoms. The lowest BCUT2D eigenvalue weighted by molar-refractivity contribution is 0.295. The zero-order chi connectivity index (χ0) is 20.6. The van der Waals surface area contributed by atoms with Gasteiger partial charge in [-0.25, -0.2) is 12.8 Å². The van der Waals surface area contributed by atoms with E-state index in [1.54, 1.807) is 18.2 Å². The van der Waals surface area contributed by atoms with Crippen molar-refractivity contribution in [3.8, 4) is 11.5 Å². The zero-order valence-electron chi connectivity index (χ0n) is 16.1. The standard InChI is InChI=1S/C21H21FN2O4S/c1-27-18-10-9-15(14-19(18)28-2)21-17-7-5-11-23(17)12-13-24(21)29(25,26)20-8-4-3-6-16(20)22/h3-11,14,21H,12-13H2,1-2H3/t21-/m1/s1. The number of halogens is 1. The second-order valence-corrected chi connectivity index (χ2v) is 8.55. The highest BCUT2D eigenvalue weighted by Crippen LogP contribution is 2.39. The molecule has 1 aliphatic heterocycles. The van der Waals surface area contributed by atoms with E-state index >= 15 is 0 Å². The van der Waals surface area contributed by atoms with Gasteiger partial charge in [0, 0.05) is 25.0 Å². The molecule has 0 N–H and O–H groups in total. The molecule has 4 rings (SSSR count). The smallest absolute Gasteiger partial charge is 0.246 e. The van der Waals surface area contributed by atoms with Crippen molar-refractivity contribution in [1.82, 2.24) is 8.87 Å². The molecule has 0 aliphatic carbocycles. The zero-order valence-corrected chi connectivity index (χ0v) is 16.9. The summed E-state index contributed by atoms with van der Waals surface area (Å²) in [7, 11) is -1.01. The van der Waals surface area contributed by atoms with Crippen LogP contribution in [0, 0.1) is 5.82 Å². The van der Waals surface area contributed by atoms with E-state index in [2.05, 4.69) is 0 Å². The molecule has 2 aromatic carbocycles. The van der Waals surface area contributed by atoms with Gasteiger partial charge in [0.05, 0.1) is 20.3 Å². The Balaban J connectivity index is 1.88. The third kappa shape index (κ3) is 3.28. The van der Waals surface area contributed by atoms with Crippen LogP contribution < -0.4 is 9.47 Å². The summed E-state index contributed by atoms with van der Waals surface area (Å²) in [6, 6.07) is 13.9. The fourth-order valence-electron chi connectivity index (χ4n) is 3.76. The first-order valence-electron chi connectivity index (χ1n) is 9.10. The second-order valence-electron chi connectivity index (χ2n) is 6.69. The lowest BCUT2D eigenvalue weighted by Gasteiger charge is -2.36. The molecule has 1 aromatic heterocycles. The van der Waals surface area contributed by atoms with Crippen LogP contribution in [0.3, 0.4) is 0 Å². The molecule has 0 bridgehead atoms. The van der Waals surface area contributed by atoms with Gasteiger partial charge in [-0.15, -0.1) is 0 Å². The van der Waals surface area contributed by atoms with Crippen molar-refractivity contribution in [2.75, 3.05) is 20.8 Å². The van der Waals surface area contributed by atoms with Crippen LogP contribution in [0.1, 0.15) is 17.3 Å². The number of aromatic nitrogens is 1. The van der Waals surface area contributed by atoms with Gasteiger partial charge < -0.3 is 14.0 Å². The highest BCUT2D eigenvalue weighted by molar-refractivity contribution is 7.89. The summed E-state index contributed by atoms with van der Waals surface area (Å²) in [6.07, 6.45) is 1.91. The van der Waals surface area contributed by atoms with Crippen LogP contribution in [0.4, 0.5) is 4.39 Å². The van der Waals surface area contributed by atoms with Crippen LogP contribution in [0.15, 0.2) is 65.7 Å². The number of hydrogen-bond donors (Lipinski definition) is 0. The molecule has 0 saturated heterocycles. The van der Waals surface area contributed by atoms with Gasteiger partial charge in [0.25, 0.3) is 0 Å². The van der Waals surface area contributed by atoms with Crippen molar-refractivity contribution < 1.29 is 22.3 Å². The molecule has 2 heterocycles. The molecule has 0 unspecified atom stereocenters. The predicted molar refractivity (Wildman–Crippen MR) is 106 cm³/mol. The number of hydrogen-bond acceptors (Lipinski definition) is 4. The van der Waals surface area contributed by atoms with Gasteiger partial charge in [-0.1, -0.05) is 18.2 Å². The molecule has 3 aromatic rings. The summed E-state index contributed by atoms with van der Waals surface area (Å²) < 4.78 is 55.3. The van der Waals surface area contributed by atoms with Gasteiger partial charge in [0.2, 0.25) is 10.0 Å². The van der Waals surface area contributed by atoms with Gasteiger partial charge >= 0.3 is 0 Å². The number of sulfonamides is 1. The molecule has 1 atom stereocenters. The minimum atomic E-state index is -4.07. The van der Waals surface area contributed by atoms with Gasteiger partial charge in [-0.3, -0.25) is 0 Å². The molecule has 152 valence electrons. The maximum absolute atomic E-state index is 14.4. The first kappa shape index (κ1) is 19.5. The minimum Gasteiger partial charge on any atom is -0.493 e. The summed E-state index contributed by atoms with van der Waals surface area (Å²) in [4.78, 5) is -0.328.